The van der Waals surface area contributed by atoms with Gasteiger partial charge in [-0.15, -0.1) is 0 Å². The summed E-state index contributed by atoms with van der Waals surface area (Å²) in [4.78, 5) is 0. The van der Waals surface area contributed by atoms with E-state index < -0.39 is 0 Å². The fourth-order valence-electron chi connectivity index (χ4n) is 1.74. The molecule has 0 unspecified atom stereocenters. The Balaban J connectivity index is 2.23. The maximum absolute atomic E-state index is 5.79. The van der Waals surface area contributed by atoms with E-state index in [2.05, 4.69) is 19.4 Å². The van der Waals surface area contributed by atoms with Gasteiger partial charge < -0.3 is 0 Å². The second-order valence-electron chi connectivity index (χ2n) is 3.73. The highest BCUT2D eigenvalue weighted by Gasteiger charge is 2.23. The van der Waals surface area contributed by atoms with Crippen molar-refractivity contribution in [3.05, 3.63) is 0 Å². The van der Waals surface area contributed by atoms with Crippen molar-refractivity contribution in [2.75, 3.05) is 12.5 Å². The van der Waals surface area contributed by atoms with Crippen LogP contribution in [-0.4, -0.2) is 18.6 Å². The smallest absolute Gasteiger partial charge is 0.141 e. The Kier molecular flexibility index (Phi) is 3.73. The van der Waals surface area contributed by atoms with E-state index in [0.717, 1.165) is 5.92 Å². The third-order valence-corrected chi connectivity index (χ3v) is 2.87. The zero-order chi connectivity index (χ0) is 8.27. The van der Waals surface area contributed by atoms with Gasteiger partial charge in [-0.25, -0.2) is 0 Å². The van der Waals surface area contributed by atoms with E-state index in [9.17, 15) is 0 Å². The molecule has 1 saturated carbocycles. The fraction of sp³-hybridized carbons (Fsp3) is 1.00. The number of hydrogen-bond acceptors (Lipinski definition) is 1. The maximum atomic E-state index is 5.79. The Morgan fingerprint density at radius 1 is 1.27 bits per heavy atom. The Morgan fingerprint density at radius 3 is 2.55 bits per heavy atom. The molecule has 0 aromatic heterocycles. The van der Waals surface area contributed by atoms with E-state index in [1.54, 1.807) is 0 Å². The molecule has 1 fully saturated rings. The lowest BCUT2D eigenvalue weighted by Crippen LogP contribution is -2.23. The van der Waals surface area contributed by atoms with Gasteiger partial charge in [-0.2, -0.15) is 4.18 Å². The van der Waals surface area contributed by atoms with Gasteiger partial charge in [-0.05, 0) is 18.8 Å². The van der Waals surface area contributed by atoms with Crippen LogP contribution in [0, 0.1) is 5.92 Å². The summed E-state index contributed by atoms with van der Waals surface area (Å²) in [5.41, 5.74) is 0. The quantitative estimate of drug-likeness (QED) is 0.585. The lowest BCUT2D eigenvalue weighted by molar-refractivity contribution is 0.150. The molecule has 1 aliphatic rings. The molecular formula is C9H19OS+. The van der Waals surface area contributed by atoms with E-state index in [1.165, 1.54) is 25.7 Å². The summed E-state index contributed by atoms with van der Waals surface area (Å²) in [6.45, 7) is 2.33. The van der Waals surface area contributed by atoms with Gasteiger partial charge in [0, 0.05) is 0 Å². The first-order valence-corrected chi connectivity index (χ1v) is 6.40. The molecule has 1 rings (SSSR count). The molecule has 0 aromatic rings. The fourth-order valence-corrected chi connectivity index (χ4v) is 2.46. The Bertz CT molecular complexity index is 112. The van der Waals surface area contributed by atoms with Gasteiger partial charge in [0.15, 0.2) is 0 Å². The predicted molar refractivity (Wildman–Crippen MR) is 51.7 cm³/mol. The Morgan fingerprint density at radius 2 is 2.00 bits per heavy atom. The van der Waals surface area contributed by atoms with Gasteiger partial charge in [0.1, 0.15) is 29.8 Å². The Labute approximate surface area is 73.1 Å². The first-order valence-electron chi connectivity index (χ1n) is 4.43. The first kappa shape index (κ1) is 9.40. The van der Waals surface area contributed by atoms with Crippen LogP contribution >= 0.6 is 0 Å². The van der Waals surface area contributed by atoms with Crippen LogP contribution in [0.2, 0.25) is 0 Å². The number of rotatable bonds is 2. The molecule has 2 atom stereocenters. The highest BCUT2D eigenvalue weighted by atomic mass is 32.2. The summed E-state index contributed by atoms with van der Waals surface area (Å²) in [7, 11) is 0. The van der Waals surface area contributed by atoms with E-state index in [-0.39, 0.29) is 11.2 Å². The van der Waals surface area contributed by atoms with Crippen molar-refractivity contribution in [3.8, 4) is 0 Å². The number of hydrogen-bond donors (Lipinski definition) is 0. The average Bonchev–Trinajstić information content (AvgIpc) is 1.85. The minimum absolute atomic E-state index is 0.172. The standard InChI is InChI=1S/C9H19OS/c1-8-5-4-6-9(7-8)10-11(2)3/h8-9H,4-7H2,1-3H3/q+1/t8-,9+/m0/s1. The summed E-state index contributed by atoms with van der Waals surface area (Å²) in [6, 6.07) is 0. The molecule has 2 heteroatoms. The Hall–Kier alpha value is 0.310. The average molecular weight is 175 g/mol. The SMILES string of the molecule is C[C@H]1CCC[C@@H](O[S+](C)C)C1. The molecule has 0 radical (unpaired) electrons. The monoisotopic (exact) mass is 175 g/mol. The third-order valence-electron chi connectivity index (χ3n) is 2.22. The second kappa shape index (κ2) is 4.36. The van der Waals surface area contributed by atoms with E-state index in [4.69, 9.17) is 4.18 Å². The summed E-state index contributed by atoms with van der Waals surface area (Å²) < 4.78 is 5.79. The second-order valence-corrected chi connectivity index (χ2v) is 5.41. The van der Waals surface area contributed by atoms with Crippen LogP contribution in [0.3, 0.4) is 0 Å². The van der Waals surface area contributed by atoms with Crippen LogP contribution in [0.25, 0.3) is 0 Å². The highest BCUT2D eigenvalue weighted by Crippen LogP contribution is 2.26. The molecule has 0 aliphatic heterocycles. The molecule has 0 heterocycles. The van der Waals surface area contributed by atoms with Gasteiger partial charge >= 0.3 is 0 Å². The van der Waals surface area contributed by atoms with E-state index in [0.29, 0.717) is 6.10 Å². The van der Waals surface area contributed by atoms with Gasteiger partial charge in [-0.1, -0.05) is 19.8 Å². The molecule has 66 valence electrons. The largest absolute Gasteiger partial charge is 0.171 e. The summed E-state index contributed by atoms with van der Waals surface area (Å²) >= 11 is 0.172. The van der Waals surface area contributed by atoms with E-state index in [1.807, 2.05) is 0 Å². The molecule has 0 aromatic carbocycles. The van der Waals surface area contributed by atoms with Crippen molar-refractivity contribution in [3.63, 3.8) is 0 Å². The molecule has 1 nitrogen and oxygen atoms in total. The molecule has 0 amide bonds. The summed E-state index contributed by atoms with van der Waals surface area (Å²) in [5.74, 6) is 0.886. The van der Waals surface area contributed by atoms with Gasteiger partial charge in [-0.3, -0.25) is 0 Å². The molecule has 0 spiro atoms. The van der Waals surface area contributed by atoms with Crippen LogP contribution in [0.4, 0.5) is 0 Å². The third kappa shape index (κ3) is 3.48. The van der Waals surface area contributed by atoms with Crippen molar-refractivity contribution in [2.45, 2.75) is 38.7 Å². The molecule has 11 heavy (non-hydrogen) atoms. The van der Waals surface area contributed by atoms with E-state index >= 15 is 0 Å². The molecule has 0 bridgehead atoms. The summed E-state index contributed by atoms with van der Waals surface area (Å²) in [5, 5.41) is 0. The normalized spacial score (nSPS) is 32.7. The van der Waals surface area contributed by atoms with Crippen LogP contribution < -0.4 is 0 Å². The molecule has 0 saturated heterocycles. The highest BCUT2D eigenvalue weighted by molar-refractivity contribution is 7.90. The predicted octanol–water partition coefficient (Wildman–Crippen LogP) is 2.37. The van der Waals surface area contributed by atoms with Crippen LogP contribution in [0.1, 0.15) is 32.6 Å². The van der Waals surface area contributed by atoms with Gasteiger partial charge in [0.2, 0.25) is 0 Å². The lowest BCUT2D eigenvalue weighted by atomic mass is 9.89. The maximum Gasteiger partial charge on any atom is 0.141 e. The molecular weight excluding hydrogens is 156 g/mol. The topological polar surface area (TPSA) is 9.23 Å². The van der Waals surface area contributed by atoms with Crippen molar-refractivity contribution < 1.29 is 4.18 Å². The van der Waals surface area contributed by atoms with Crippen molar-refractivity contribution in [1.29, 1.82) is 0 Å². The minimum Gasteiger partial charge on any atom is -0.171 e. The zero-order valence-corrected chi connectivity index (χ0v) is 8.62. The molecule has 0 N–H and O–H groups in total. The van der Waals surface area contributed by atoms with Gasteiger partial charge in [0.05, 0.1) is 0 Å². The minimum atomic E-state index is 0.172. The van der Waals surface area contributed by atoms with Crippen LogP contribution in [0.5, 0.6) is 0 Å². The van der Waals surface area contributed by atoms with Crippen LogP contribution in [-0.2, 0) is 15.4 Å². The lowest BCUT2D eigenvalue weighted by Gasteiger charge is -2.23. The van der Waals surface area contributed by atoms with Crippen molar-refractivity contribution in [2.24, 2.45) is 5.92 Å². The van der Waals surface area contributed by atoms with Crippen molar-refractivity contribution in [1.82, 2.24) is 0 Å². The van der Waals surface area contributed by atoms with Crippen LogP contribution in [0.15, 0.2) is 0 Å². The van der Waals surface area contributed by atoms with Gasteiger partial charge in [0.25, 0.3) is 0 Å². The zero-order valence-electron chi connectivity index (χ0n) is 7.80. The first-order chi connectivity index (χ1) is 5.18. The summed E-state index contributed by atoms with van der Waals surface area (Å²) in [6.07, 6.45) is 10.2. The van der Waals surface area contributed by atoms with Crippen molar-refractivity contribution >= 4 is 11.2 Å². The molecule has 1 aliphatic carbocycles.